The lowest BCUT2D eigenvalue weighted by Gasteiger charge is -2.25. The summed E-state index contributed by atoms with van der Waals surface area (Å²) in [6.07, 6.45) is 2.19. The van der Waals surface area contributed by atoms with E-state index in [1.807, 2.05) is 11.8 Å². The van der Waals surface area contributed by atoms with E-state index in [4.69, 9.17) is 0 Å². The molecule has 0 amide bonds. The maximum Gasteiger partial charge on any atom is 0.0922 e. The summed E-state index contributed by atoms with van der Waals surface area (Å²) < 4.78 is 0. The molecule has 1 heterocycles. The molecule has 102 valence electrons. The molecule has 0 bridgehead atoms. The van der Waals surface area contributed by atoms with Gasteiger partial charge in [-0.3, -0.25) is 4.99 Å². The van der Waals surface area contributed by atoms with Crippen LogP contribution < -0.4 is 5.32 Å². The van der Waals surface area contributed by atoms with Crippen LogP contribution in [0.15, 0.2) is 41.0 Å². The molecule has 0 fully saturated rings. The lowest BCUT2D eigenvalue weighted by molar-refractivity contribution is 0.508. The van der Waals surface area contributed by atoms with Crippen molar-refractivity contribution in [1.82, 2.24) is 0 Å². The first-order valence-electron chi connectivity index (χ1n) is 6.68. The molecular weight excluding hydrogens is 252 g/mol. The molecule has 0 unspecified atom stereocenters. The summed E-state index contributed by atoms with van der Waals surface area (Å²) in [5.74, 6) is 1.10. The topological polar surface area (TPSA) is 24.4 Å². The van der Waals surface area contributed by atoms with E-state index in [0.717, 1.165) is 23.0 Å². The van der Waals surface area contributed by atoms with Crippen LogP contribution in [-0.4, -0.2) is 17.3 Å². The van der Waals surface area contributed by atoms with Crippen molar-refractivity contribution >= 4 is 22.5 Å². The normalized spacial score (nSPS) is 16.4. The fourth-order valence-corrected chi connectivity index (χ4v) is 2.57. The SMILES string of the molecule is Cc1ccc(N/C(=C\C2=NCCS2)C(C)(C)C)cc1. The molecule has 1 N–H and O–H groups in total. The average Bonchev–Trinajstić information content (AvgIpc) is 2.83. The third kappa shape index (κ3) is 4.13. The smallest absolute Gasteiger partial charge is 0.0922 e. The average molecular weight is 274 g/mol. The predicted molar refractivity (Wildman–Crippen MR) is 87.1 cm³/mol. The Labute approximate surface area is 120 Å². The molecule has 1 aromatic carbocycles. The maximum absolute atomic E-state index is 4.51. The van der Waals surface area contributed by atoms with Gasteiger partial charge in [-0.25, -0.2) is 0 Å². The van der Waals surface area contributed by atoms with Crippen molar-refractivity contribution in [3.8, 4) is 0 Å². The van der Waals surface area contributed by atoms with Gasteiger partial charge in [0.25, 0.3) is 0 Å². The molecule has 0 radical (unpaired) electrons. The Morgan fingerprint density at radius 1 is 1.26 bits per heavy atom. The van der Waals surface area contributed by atoms with Crippen LogP contribution in [0.4, 0.5) is 5.69 Å². The Bertz CT molecular complexity index is 492. The van der Waals surface area contributed by atoms with Crippen LogP contribution in [0, 0.1) is 12.3 Å². The minimum Gasteiger partial charge on any atom is -0.358 e. The van der Waals surface area contributed by atoms with Crippen LogP contribution in [0.3, 0.4) is 0 Å². The zero-order valence-electron chi connectivity index (χ0n) is 12.2. The number of allylic oxidation sites excluding steroid dienone is 1. The van der Waals surface area contributed by atoms with Gasteiger partial charge in [-0.15, -0.1) is 11.8 Å². The summed E-state index contributed by atoms with van der Waals surface area (Å²) in [6, 6.07) is 8.51. The number of anilines is 1. The number of aryl methyl sites for hydroxylation is 1. The quantitative estimate of drug-likeness (QED) is 0.878. The Morgan fingerprint density at radius 2 is 1.95 bits per heavy atom. The number of hydrogen-bond acceptors (Lipinski definition) is 3. The van der Waals surface area contributed by atoms with E-state index in [1.54, 1.807) is 0 Å². The van der Waals surface area contributed by atoms with Crippen LogP contribution in [0.2, 0.25) is 0 Å². The van der Waals surface area contributed by atoms with Gasteiger partial charge in [-0.2, -0.15) is 0 Å². The van der Waals surface area contributed by atoms with Gasteiger partial charge in [0, 0.05) is 29.1 Å². The standard InChI is InChI=1S/C16H22N2S/c1-12-5-7-13(8-6-12)18-14(16(2,3)4)11-15-17-9-10-19-15/h5-8,11,18H,9-10H2,1-4H3/b14-11-. The lowest BCUT2D eigenvalue weighted by Crippen LogP contribution is -2.18. The summed E-state index contributed by atoms with van der Waals surface area (Å²) in [5, 5.41) is 4.68. The van der Waals surface area contributed by atoms with Crippen LogP contribution >= 0.6 is 11.8 Å². The van der Waals surface area contributed by atoms with Gasteiger partial charge < -0.3 is 5.32 Å². The first-order valence-corrected chi connectivity index (χ1v) is 7.67. The molecule has 0 spiro atoms. The lowest BCUT2D eigenvalue weighted by atomic mass is 9.91. The predicted octanol–water partition coefficient (Wildman–Crippen LogP) is 4.48. The number of rotatable bonds is 3. The number of thioether (sulfide) groups is 1. The molecule has 3 heteroatoms. The highest BCUT2D eigenvalue weighted by Gasteiger charge is 2.19. The third-order valence-corrected chi connectivity index (χ3v) is 3.94. The molecule has 0 saturated carbocycles. The van der Waals surface area contributed by atoms with Crippen LogP contribution in [0.25, 0.3) is 0 Å². The first kappa shape index (κ1) is 14.2. The fraction of sp³-hybridized carbons (Fsp3) is 0.438. The van der Waals surface area contributed by atoms with Gasteiger partial charge in [0.15, 0.2) is 0 Å². The maximum atomic E-state index is 4.51. The Kier molecular flexibility index (Phi) is 4.35. The zero-order chi connectivity index (χ0) is 13.9. The molecule has 2 rings (SSSR count). The molecule has 0 atom stereocenters. The van der Waals surface area contributed by atoms with E-state index in [9.17, 15) is 0 Å². The van der Waals surface area contributed by atoms with Gasteiger partial charge in [0.2, 0.25) is 0 Å². The molecule has 0 aliphatic carbocycles. The van der Waals surface area contributed by atoms with Gasteiger partial charge >= 0.3 is 0 Å². The summed E-state index contributed by atoms with van der Waals surface area (Å²) >= 11 is 1.83. The molecule has 19 heavy (non-hydrogen) atoms. The molecule has 1 aliphatic rings. The van der Waals surface area contributed by atoms with Crippen molar-refractivity contribution < 1.29 is 0 Å². The van der Waals surface area contributed by atoms with E-state index in [1.165, 1.54) is 11.3 Å². The Morgan fingerprint density at radius 3 is 2.47 bits per heavy atom. The number of nitrogens with one attached hydrogen (secondary N) is 1. The molecule has 1 aliphatic heterocycles. The second kappa shape index (κ2) is 5.83. The van der Waals surface area contributed by atoms with Crippen molar-refractivity contribution in [1.29, 1.82) is 0 Å². The van der Waals surface area contributed by atoms with Crippen molar-refractivity contribution in [2.24, 2.45) is 10.4 Å². The van der Waals surface area contributed by atoms with E-state index in [0.29, 0.717) is 0 Å². The summed E-state index contributed by atoms with van der Waals surface area (Å²) in [5.41, 5.74) is 3.71. The van der Waals surface area contributed by atoms with E-state index in [-0.39, 0.29) is 5.41 Å². The van der Waals surface area contributed by atoms with Crippen molar-refractivity contribution in [2.45, 2.75) is 27.7 Å². The second-order valence-corrected chi connectivity index (χ2v) is 6.98. The molecule has 2 nitrogen and oxygen atoms in total. The van der Waals surface area contributed by atoms with Gasteiger partial charge in [0.05, 0.1) is 5.04 Å². The highest BCUT2D eigenvalue weighted by atomic mass is 32.2. The third-order valence-electron chi connectivity index (χ3n) is 3.02. The van der Waals surface area contributed by atoms with Crippen LogP contribution in [-0.2, 0) is 0 Å². The molecule has 1 aromatic rings. The van der Waals surface area contributed by atoms with Crippen LogP contribution in [0.5, 0.6) is 0 Å². The van der Waals surface area contributed by atoms with E-state index >= 15 is 0 Å². The number of hydrogen-bond donors (Lipinski definition) is 1. The minimum absolute atomic E-state index is 0.0799. The number of benzene rings is 1. The van der Waals surface area contributed by atoms with Crippen LogP contribution in [0.1, 0.15) is 26.3 Å². The van der Waals surface area contributed by atoms with Crippen molar-refractivity contribution in [3.63, 3.8) is 0 Å². The van der Waals surface area contributed by atoms with E-state index in [2.05, 4.69) is 68.3 Å². The summed E-state index contributed by atoms with van der Waals surface area (Å²) in [7, 11) is 0. The molecular formula is C16H22N2S. The van der Waals surface area contributed by atoms with Crippen molar-refractivity contribution in [2.75, 3.05) is 17.6 Å². The molecule has 0 saturated heterocycles. The second-order valence-electron chi connectivity index (χ2n) is 5.87. The largest absolute Gasteiger partial charge is 0.358 e. The van der Waals surface area contributed by atoms with Crippen molar-refractivity contribution in [3.05, 3.63) is 41.6 Å². The Hall–Kier alpha value is -1.22. The monoisotopic (exact) mass is 274 g/mol. The minimum atomic E-state index is 0.0799. The number of nitrogens with zero attached hydrogens (tertiary/aromatic N) is 1. The highest BCUT2D eigenvalue weighted by Crippen LogP contribution is 2.28. The fourth-order valence-electron chi connectivity index (χ4n) is 1.79. The summed E-state index contributed by atoms with van der Waals surface area (Å²) in [4.78, 5) is 4.51. The first-order chi connectivity index (χ1) is 8.95. The van der Waals surface area contributed by atoms with Gasteiger partial charge in [-0.05, 0) is 25.1 Å². The Balaban J connectivity index is 2.21. The van der Waals surface area contributed by atoms with Gasteiger partial charge in [-0.1, -0.05) is 38.5 Å². The zero-order valence-corrected chi connectivity index (χ0v) is 13.0. The summed E-state index contributed by atoms with van der Waals surface area (Å²) in [6.45, 7) is 9.72. The van der Waals surface area contributed by atoms with E-state index < -0.39 is 0 Å². The molecule has 0 aromatic heterocycles. The van der Waals surface area contributed by atoms with Gasteiger partial charge in [0.1, 0.15) is 0 Å². The highest BCUT2D eigenvalue weighted by molar-refractivity contribution is 8.14. The number of aliphatic imine (C=N–C) groups is 1.